The maximum absolute atomic E-state index is 13.1. The van der Waals surface area contributed by atoms with E-state index in [4.69, 9.17) is 4.74 Å². The van der Waals surface area contributed by atoms with Crippen LogP contribution in [0.25, 0.3) is 10.1 Å². The lowest BCUT2D eigenvalue weighted by Gasteiger charge is -2.40. The molecule has 0 bridgehead atoms. The molecule has 2 aromatic rings. The third-order valence-electron chi connectivity index (χ3n) is 5.64. The zero-order chi connectivity index (χ0) is 17.2. The summed E-state index contributed by atoms with van der Waals surface area (Å²) in [7, 11) is 1.66. The summed E-state index contributed by atoms with van der Waals surface area (Å²) in [4.78, 5) is 18.4. The molecule has 0 atom stereocenters. The van der Waals surface area contributed by atoms with Gasteiger partial charge in [0, 0.05) is 42.3 Å². The zero-order valence-electron chi connectivity index (χ0n) is 15.3. The smallest absolute Gasteiger partial charge is 0.267 e. The van der Waals surface area contributed by atoms with Crippen LogP contribution < -0.4 is 4.74 Å². The van der Waals surface area contributed by atoms with Gasteiger partial charge in [-0.15, -0.1) is 23.7 Å². The van der Waals surface area contributed by atoms with Gasteiger partial charge in [0.25, 0.3) is 5.91 Å². The van der Waals surface area contributed by atoms with Gasteiger partial charge in [-0.3, -0.25) is 9.69 Å². The average molecular weight is 395 g/mol. The van der Waals surface area contributed by atoms with Crippen LogP contribution in [0.1, 0.15) is 41.8 Å². The van der Waals surface area contributed by atoms with Crippen LogP contribution in [0.5, 0.6) is 5.75 Å². The van der Waals surface area contributed by atoms with E-state index in [-0.39, 0.29) is 18.3 Å². The number of carbonyl (C=O) groups is 1. The first-order valence-electron chi connectivity index (χ1n) is 9.37. The van der Waals surface area contributed by atoms with Gasteiger partial charge >= 0.3 is 0 Å². The number of fused-ring (bicyclic) bond motifs is 1. The average Bonchev–Trinajstić information content (AvgIpc) is 3.07. The summed E-state index contributed by atoms with van der Waals surface area (Å²) >= 11 is 1.55. The van der Waals surface area contributed by atoms with Gasteiger partial charge in [0.15, 0.2) is 0 Å². The van der Waals surface area contributed by atoms with Gasteiger partial charge in [-0.05, 0) is 25.0 Å². The van der Waals surface area contributed by atoms with Crippen molar-refractivity contribution in [2.24, 2.45) is 0 Å². The number of nitrogens with zero attached hydrogens (tertiary/aromatic N) is 2. The molecule has 2 fully saturated rings. The lowest BCUT2D eigenvalue weighted by molar-refractivity contribution is 0.0525. The molecule has 2 aliphatic rings. The van der Waals surface area contributed by atoms with E-state index in [1.165, 1.54) is 32.1 Å². The normalized spacial score (nSPS) is 19.3. The molecule has 0 radical (unpaired) electrons. The molecule has 4 nitrogen and oxygen atoms in total. The van der Waals surface area contributed by atoms with Gasteiger partial charge in [0.2, 0.25) is 0 Å². The summed E-state index contributed by atoms with van der Waals surface area (Å²) in [5, 5.41) is 1.04. The van der Waals surface area contributed by atoms with Gasteiger partial charge in [0.1, 0.15) is 10.6 Å². The second-order valence-electron chi connectivity index (χ2n) is 7.08. The lowest BCUT2D eigenvalue weighted by atomic mass is 9.94. The molecule has 1 aromatic heterocycles. The van der Waals surface area contributed by atoms with Crippen LogP contribution in [0.15, 0.2) is 24.3 Å². The molecule has 2 heterocycles. The third kappa shape index (κ3) is 3.71. The molecule has 26 heavy (non-hydrogen) atoms. The van der Waals surface area contributed by atoms with Gasteiger partial charge in [0.05, 0.1) is 7.11 Å². The molecular formula is C20H27ClN2O2S. The van der Waals surface area contributed by atoms with Crippen molar-refractivity contribution in [2.75, 3.05) is 33.3 Å². The van der Waals surface area contributed by atoms with Gasteiger partial charge in [-0.1, -0.05) is 31.4 Å². The van der Waals surface area contributed by atoms with Gasteiger partial charge in [-0.2, -0.15) is 0 Å². The summed E-state index contributed by atoms with van der Waals surface area (Å²) < 4.78 is 6.69. The van der Waals surface area contributed by atoms with E-state index in [0.717, 1.165) is 52.9 Å². The first kappa shape index (κ1) is 19.5. The van der Waals surface area contributed by atoms with Crippen molar-refractivity contribution < 1.29 is 9.53 Å². The number of carbonyl (C=O) groups excluding carboxylic acids is 1. The second-order valence-corrected chi connectivity index (χ2v) is 8.13. The van der Waals surface area contributed by atoms with Crippen molar-refractivity contribution in [1.82, 2.24) is 9.80 Å². The molecule has 0 unspecified atom stereocenters. The van der Waals surface area contributed by atoms with Crippen molar-refractivity contribution in [3.05, 3.63) is 29.1 Å². The minimum atomic E-state index is 0. The van der Waals surface area contributed by atoms with E-state index in [1.807, 2.05) is 23.1 Å². The number of hydrogen-bond acceptors (Lipinski definition) is 4. The molecule has 1 amide bonds. The Hall–Kier alpha value is -1.30. The zero-order valence-corrected chi connectivity index (χ0v) is 16.9. The summed E-state index contributed by atoms with van der Waals surface area (Å²) in [6.07, 6.45) is 6.78. The maximum Gasteiger partial charge on any atom is 0.267 e. The van der Waals surface area contributed by atoms with Crippen LogP contribution in [0.2, 0.25) is 0 Å². The van der Waals surface area contributed by atoms with Crippen LogP contribution in [-0.2, 0) is 0 Å². The Morgan fingerprint density at radius 3 is 2.46 bits per heavy atom. The molecule has 1 saturated carbocycles. The van der Waals surface area contributed by atoms with Crippen LogP contribution in [-0.4, -0.2) is 55.0 Å². The van der Waals surface area contributed by atoms with Crippen molar-refractivity contribution in [1.29, 1.82) is 0 Å². The van der Waals surface area contributed by atoms with Crippen LogP contribution in [0.4, 0.5) is 0 Å². The molecule has 6 heteroatoms. The first-order chi connectivity index (χ1) is 12.3. The van der Waals surface area contributed by atoms with Crippen molar-refractivity contribution in [2.45, 2.75) is 38.1 Å². The van der Waals surface area contributed by atoms with E-state index in [2.05, 4.69) is 11.0 Å². The largest absolute Gasteiger partial charge is 0.494 e. The number of hydrogen-bond donors (Lipinski definition) is 0. The third-order valence-corrected chi connectivity index (χ3v) is 6.78. The Kier molecular flexibility index (Phi) is 6.43. The monoisotopic (exact) mass is 394 g/mol. The van der Waals surface area contributed by atoms with E-state index >= 15 is 0 Å². The lowest BCUT2D eigenvalue weighted by Crippen LogP contribution is -2.52. The second kappa shape index (κ2) is 8.59. The minimum absolute atomic E-state index is 0. The van der Waals surface area contributed by atoms with Crippen LogP contribution in [0, 0.1) is 0 Å². The number of benzene rings is 1. The van der Waals surface area contributed by atoms with E-state index in [1.54, 1.807) is 18.4 Å². The van der Waals surface area contributed by atoms with Crippen molar-refractivity contribution in [3.63, 3.8) is 0 Å². The highest BCUT2D eigenvalue weighted by atomic mass is 35.5. The van der Waals surface area contributed by atoms with E-state index < -0.39 is 0 Å². The predicted octanol–water partition coefficient (Wildman–Crippen LogP) is 4.42. The molecular weight excluding hydrogens is 368 g/mol. The highest BCUT2D eigenvalue weighted by molar-refractivity contribution is 7.21. The first-order valence-corrected chi connectivity index (χ1v) is 10.2. The fourth-order valence-corrected chi connectivity index (χ4v) is 5.38. The maximum atomic E-state index is 13.1. The summed E-state index contributed by atoms with van der Waals surface area (Å²) in [6, 6.07) is 8.83. The molecule has 0 N–H and O–H groups in total. The fourth-order valence-electron chi connectivity index (χ4n) is 4.25. The molecule has 142 valence electrons. The molecule has 1 aromatic carbocycles. The Morgan fingerprint density at radius 2 is 1.77 bits per heavy atom. The SMILES string of the molecule is COc1c(C(=O)N2CCN(C3CCCCC3)CC2)sc2ccccc12.Cl. The molecule has 4 rings (SSSR count). The summed E-state index contributed by atoms with van der Waals surface area (Å²) in [5.74, 6) is 0.863. The summed E-state index contributed by atoms with van der Waals surface area (Å²) in [5.41, 5.74) is 0. The summed E-state index contributed by atoms with van der Waals surface area (Å²) in [6.45, 7) is 3.66. The highest BCUT2D eigenvalue weighted by Gasteiger charge is 2.29. The Balaban J connectivity index is 0.00000196. The number of ether oxygens (including phenoxy) is 1. The van der Waals surface area contributed by atoms with E-state index in [9.17, 15) is 4.79 Å². The number of halogens is 1. The molecule has 0 spiro atoms. The molecule has 1 saturated heterocycles. The van der Waals surface area contributed by atoms with Crippen LogP contribution in [0.3, 0.4) is 0 Å². The number of thiophene rings is 1. The Labute approximate surface area is 165 Å². The van der Waals surface area contributed by atoms with Crippen molar-refractivity contribution >= 4 is 39.7 Å². The highest BCUT2D eigenvalue weighted by Crippen LogP contribution is 2.38. The number of rotatable bonds is 3. The van der Waals surface area contributed by atoms with Gasteiger partial charge < -0.3 is 9.64 Å². The Morgan fingerprint density at radius 1 is 1.08 bits per heavy atom. The number of piperazine rings is 1. The molecule has 1 aliphatic heterocycles. The number of methoxy groups -OCH3 is 1. The van der Waals surface area contributed by atoms with E-state index in [0.29, 0.717) is 0 Å². The fraction of sp³-hybridized carbons (Fsp3) is 0.550. The molecule has 1 aliphatic carbocycles. The minimum Gasteiger partial charge on any atom is -0.494 e. The number of amides is 1. The van der Waals surface area contributed by atoms with Crippen molar-refractivity contribution in [3.8, 4) is 5.75 Å². The van der Waals surface area contributed by atoms with Gasteiger partial charge in [-0.25, -0.2) is 0 Å². The quantitative estimate of drug-likeness (QED) is 0.772. The standard InChI is InChI=1S/C20H26N2O2S.ClH/c1-24-18-16-9-5-6-10-17(16)25-19(18)20(23)22-13-11-21(12-14-22)15-7-3-2-4-8-15;/h5-6,9-10,15H,2-4,7-8,11-14H2,1H3;1H. The van der Waals surface area contributed by atoms with Crippen LogP contribution >= 0.6 is 23.7 Å². The Bertz CT molecular complexity index is 749. The topological polar surface area (TPSA) is 32.8 Å². The predicted molar refractivity (Wildman–Crippen MR) is 110 cm³/mol.